The molecule has 4 heterocycles. The lowest BCUT2D eigenvalue weighted by atomic mass is 9.72. The number of hydrogen-bond donors (Lipinski definition) is 3. The second-order valence-corrected chi connectivity index (χ2v) is 23.0. The fourth-order valence-electron chi connectivity index (χ4n) is 8.81. The number of ether oxygens (including phenoxy) is 2. The van der Waals surface area contributed by atoms with Crippen molar-refractivity contribution < 1.29 is 31.8 Å². The number of nitro groups is 1. The number of nitrogens with zero attached hydrogens (tertiary/aromatic N) is 5. The number of anilines is 2. The maximum absolute atomic E-state index is 14.0. The molecular weight excluding hydrogens is 904 g/mol. The van der Waals surface area contributed by atoms with Crippen molar-refractivity contribution in [1.29, 1.82) is 0 Å². The number of carbonyl (C=O) groups is 1. The molecule has 2 aromatic heterocycles. The van der Waals surface area contributed by atoms with Gasteiger partial charge in [-0.25, -0.2) is 22.5 Å². The molecule has 19 heteroatoms. The first kappa shape index (κ1) is 47.0. The van der Waals surface area contributed by atoms with Gasteiger partial charge in [-0.2, -0.15) is 0 Å². The van der Waals surface area contributed by atoms with Crippen molar-refractivity contribution in [3.05, 3.63) is 117 Å². The third-order valence-electron chi connectivity index (χ3n) is 12.3. The van der Waals surface area contributed by atoms with Crippen molar-refractivity contribution in [2.24, 2.45) is 9.78 Å². The number of nitro benzene ring substituents is 1. The average Bonchev–Trinajstić information content (AvgIpc) is 3.75. The van der Waals surface area contributed by atoms with Crippen LogP contribution in [0.1, 0.15) is 61.9 Å². The first-order valence-electron chi connectivity index (χ1n) is 21.9. The molecule has 1 aliphatic carbocycles. The van der Waals surface area contributed by atoms with Crippen LogP contribution in [0, 0.1) is 15.5 Å². The lowest BCUT2D eigenvalue weighted by Crippen LogP contribution is -2.47. The molecule has 2 saturated heterocycles. The SMILES string of the molecule is CC1(C)CCC(CN2CCN(c3ccc(C(=O)NS(=O)(=O)c4ccc(NCC5CCC(N=S(C)(C)=O)CO5)c([N+](=O)[O-])c4)c(Oc4cnc5[nH]ccc5c4)c3)CC2)=C(c2ccc(Cl)cc2)C1. The molecule has 350 valence electrons. The number of benzene rings is 3. The third kappa shape index (κ3) is 11.5. The van der Waals surface area contributed by atoms with Crippen molar-refractivity contribution in [3.8, 4) is 11.5 Å². The number of aromatic nitrogens is 2. The molecule has 3 N–H and O–H groups in total. The minimum Gasteiger partial charge on any atom is -0.455 e. The van der Waals surface area contributed by atoms with E-state index in [0.29, 0.717) is 37.3 Å². The van der Waals surface area contributed by atoms with E-state index < -0.39 is 41.2 Å². The van der Waals surface area contributed by atoms with Gasteiger partial charge in [-0.1, -0.05) is 43.2 Å². The Morgan fingerprint density at radius 3 is 2.52 bits per heavy atom. The van der Waals surface area contributed by atoms with Crippen LogP contribution in [0.5, 0.6) is 11.5 Å². The van der Waals surface area contributed by atoms with E-state index in [9.17, 15) is 27.5 Å². The average molecular weight is 960 g/mol. The second kappa shape index (κ2) is 19.4. The number of H-pyrrole nitrogens is 1. The molecule has 66 heavy (non-hydrogen) atoms. The Balaban J connectivity index is 0.977. The van der Waals surface area contributed by atoms with E-state index in [1.165, 1.54) is 41.1 Å². The fraction of sp³-hybridized carbons (Fsp3) is 0.404. The first-order valence-corrected chi connectivity index (χ1v) is 26.1. The summed E-state index contributed by atoms with van der Waals surface area (Å²) in [5.74, 6) is -0.542. The van der Waals surface area contributed by atoms with Crippen LogP contribution in [0.4, 0.5) is 17.1 Å². The van der Waals surface area contributed by atoms with Crippen molar-refractivity contribution in [3.63, 3.8) is 0 Å². The zero-order chi connectivity index (χ0) is 46.8. The van der Waals surface area contributed by atoms with Crippen LogP contribution in [0.15, 0.2) is 100 Å². The molecule has 0 radical (unpaired) electrons. The zero-order valence-corrected chi connectivity index (χ0v) is 39.8. The van der Waals surface area contributed by atoms with Crippen molar-refractivity contribution in [1.82, 2.24) is 19.6 Å². The Labute approximate surface area is 390 Å². The number of amides is 1. The van der Waals surface area contributed by atoms with Gasteiger partial charge in [-0.05, 0) is 97.2 Å². The van der Waals surface area contributed by atoms with Crippen LogP contribution in [0.25, 0.3) is 16.6 Å². The van der Waals surface area contributed by atoms with Crippen molar-refractivity contribution >= 4 is 70.9 Å². The summed E-state index contributed by atoms with van der Waals surface area (Å²) in [6.45, 7) is 9.05. The smallest absolute Gasteiger partial charge is 0.293 e. The van der Waals surface area contributed by atoms with Crippen LogP contribution >= 0.6 is 11.6 Å². The van der Waals surface area contributed by atoms with Gasteiger partial charge in [0.15, 0.2) is 0 Å². The summed E-state index contributed by atoms with van der Waals surface area (Å²) >= 11 is 6.24. The minimum atomic E-state index is -4.62. The normalized spacial score (nSPS) is 19.4. The molecular formula is C47H55ClN8O8S2. The summed E-state index contributed by atoms with van der Waals surface area (Å²) in [7, 11) is -6.90. The molecule has 2 aliphatic heterocycles. The second-order valence-electron chi connectivity index (χ2n) is 18.3. The van der Waals surface area contributed by atoms with E-state index in [1.54, 1.807) is 36.9 Å². The maximum atomic E-state index is 14.0. The number of halogens is 1. The highest BCUT2D eigenvalue weighted by atomic mass is 35.5. The Hall–Kier alpha value is -5.53. The van der Waals surface area contributed by atoms with Crippen LogP contribution in [-0.4, -0.2) is 109 Å². The first-order chi connectivity index (χ1) is 31.4. The number of rotatable bonds is 14. The molecule has 2 fully saturated rings. The Bertz CT molecular complexity index is 2890. The summed E-state index contributed by atoms with van der Waals surface area (Å²) in [5, 5.41) is 16.7. The van der Waals surface area contributed by atoms with Gasteiger partial charge in [0.1, 0.15) is 22.8 Å². The van der Waals surface area contributed by atoms with Crippen molar-refractivity contribution in [2.45, 2.75) is 63.0 Å². The molecule has 16 nitrogen and oxygen atoms in total. The van der Waals surface area contributed by atoms with E-state index in [-0.39, 0.29) is 47.7 Å². The zero-order valence-electron chi connectivity index (χ0n) is 37.4. The summed E-state index contributed by atoms with van der Waals surface area (Å²) in [4.78, 5) is 37.2. The number of sulfonamides is 1. The fourth-order valence-corrected chi connectivity index (χ4v) is 10.8. The number of pyridine rings is 1. The highest BCUT2D eigenvalue weighted by Crippen LogP contribution is 2.43. The number of nitrogens with one attached hydrogen (secondary N) is 3. The minimum absolute atomic E-state index is 0.0625. The molecule has 3 aliphatic rings. The molecule has 2 atom stereocenters. The molecule has 0 spiro atoms. The number of aromatic amines is 1. The van der Waals surface area contributed by atoms with Crippen LogP contribution in [0.2, 0.25) is 5.02 Å². The topological polar surface area (TPSA) is 201 Å². The Morgan fingerprint density at radius 1 is 1.03 bits per heavy atom. The monoisotopic (exact) mass is 958 g/mol. The van der Waals surface area contributed by atoms with E-state index >= 15 is 0 Å². The summed E-state index contributed by atoms with van der Waals surface area (Å²) in [6, 6.07) is 20.0. The maximum Gasteiger partial charge on any atom is 0.293 e. The van der Waals surface area contributed by atoms with E-state index in [4.69, 9.17) is 21.1 Å². The van der Waals surface area contributed by atoms with Gasteiger partial charge >= 0.3 is 0 Å². The molecule has 3 aromatic carbocycles. The van der Waals surface area contributed by atoms with Gasteiger partial charge in [0, 0.05) is 95.9 Å². The predicted molar refractivity (Wildman–Crippen MR) is 259 cm³/mol. The summed E-state index contributed by atoms with van der Waals surface area (Å²) in [5.41, 5.74) is 5.27. The Kier molecular flexibility index (Phi) is 13.8. The third-order valence-corrected chi connectivity index (χ3v) is 14.7. The highest BCUT2D eigenvalue weighted by molar-refractivity contribution is 7.92. The van der Waals surface area contributed by atoms with E-state index in [2.05, 4.69) is 60.1 Å². The lowest BCUT2D eigenvalue weighted by Gasteiger charge is -2.39. The number of allylic oxidation sites excluding steroid dienone is 1. The van der Waals surface area contributed by atoms with Gasteiger partial charge in [0.05, 0.1) is 40.3 Å². The van der Waals surface area contributed by atoms with Gasteiger partial charge in [0.25, 0.3) is 21.6 Å². The number of fused-ring (bicyclic) bond motifs is 1. The van der Waals surface area contributed by atoms with Crippen molar-refractivity contribution in [2.75, 3.05) is 68.6 Å². The van der Waals surface area contributed by atoms with Gasteiger partial charge in [0.2, 0.25) is 0 Å². The molecule has 0 bridgehead atoms. The van der Waals surface area contributed by atoms with Gasteiger partial charge in [-0.15, -0.1) is 0 Å². The number of piperazine rings is 1. The molecule has 5 aromatic rings. The number of carbonyl (C=O) groups excluding carboxylic acids is 1. The lowest BCUT2D eigenvalue weighted by molar-refractivity contribution is -0.384. The Morgan fingerprint density at radius 2 is 1.80 bits per heavy atom. The van der Waals surface area contributed by atoms with Crippen LogP contribution in [0.3, 0.4) is 0 Å². The standard InChI is InChI=1S/C47H55ClN8O8S2/c1-47(2)17-15-33(41(26-47)31-5-7-34(48)8-6-31)29-54-19-21-55(22-20-54)36-10-13-40(44(24-36)64-38-23-32-16-18-49-45(32)51-28-38)46(57)53-66(61,62)39-12-14-42(43(25-39)56(58)59)50-27-37-11-9-35(30-63-37)52-65(3,4)60/h5-8,10,12-14,16,18,23-25,28,35,37,50H,9,11,15,17,19-22,26-27,29-30H2,1-4H3,(H,49,51)(H,53,57). The summed E-state index contributed by atoms with van der Waals surface area (Å²) in [6.07, 6.45) is 10.5. The summed E-state index contributed by atoms with van der Waals surface area (Å²) < 4.78 is 58.2. The molecule has 2 unspecified atom stereocenters. The van der Waals surface area contributed by atoms with Crippen LogP contribution in [-0.2, 0) is 24.5 Å². The molecule has 0 saturated carbocycles. The van der Waals surface area contributed by atoms with Gasteiger partial charge < -0.3 is 24.7 Å². The van der Waals surface area contributed by atoms with Gasteiger partial charge in [-0.3, -0.25) is 24.0 Å². The molecule has 1 amide bonds. The van der Waals surface area contributed by atoms with E-state index in [1.807, 2.05) is 18.2 Å². The largest absolute Gasteiger partial charge is 0.455 e. The predicted octanol–water partition coefficient (Wildman–Crippen LogP) is 8.51. The van der Waals surface area contributed by atoms with Crippen LogP contribution < -0.4 is 19.7 Å². The van der Waals surface area contributed by atoms with E-state index in [0.717, 1.165) is 61.1 Å². The molecule has 8 rings (SSSR count). The highest BCUT2D eigenvalue weighted by Gasteiger charge is 2.31. The quantitative estimate of drug-likeness (QED) is 0.0709. The number of hydrogen-bond acceptors (Lipinski definition) is 13.